The third-order valence-electron chi connectivity index (χ3n) is 5.21. The van der Waals surface area contributed by atoms with Crippen LogP contribution in [0.5, 0.6) is 0 Å². The molecular weight excluding hydrogens is 210 g/mol. The van der Waals surface area contributed by atoms with E-state index in [1.807, 2.05) is 5.01 Å². The summed E-state index contributed by atoms with van der Waals surface area (Å²) < 4.78 is 0. The molecule has 100 valence electrons. The molecule has 3 nitrogen and oxygen atoms in total. The van der Waals surface area contributed by atoms with E-state index in [1.54, 1.807) is 0 Å². The summed E-state index contributed by atoms with van der Waals surface area (Å²) in [6.07, 6.45) is 11.2. The van der Waals surface area contributed by atoms with Gasteiger partial charge in [0.15, 0.2) is 0 Å². The molecule has 4 N–H and O–H groups in total. The highest BCUT2D eigenvalue weighted by atomic mass is 15.5. The minimum absolute atomic E-state index is 0.136. The van der Waals surface area contributed by atoms with Crippen LogP contribution in [-0.2, 0) is 0 Å². The Balaban J connectivity index is 2.11. The SMILES string of the molecule is CC1(C)CCCCC1(N)N(N)C1CCCCC1. The van der Waals surface area contributed by atoms with Crippen LogP contribution in [0.4, 0.5) is 0 Å². The Bertz CT molecular complexity index is 258. The molecule has 17 heavy (non-hydrogen) atoms. The summed E-state index contributed by atoms with van der Waals surface area (Å²) in [4.78, 5) is 0. The van der Waals surface area contributed by atoms with Gasteiger partial charge in [0.05, 0.1) is 5.66 Å². The van der Waals surface area contributed by atoms with Gasteiger partial charge in [0.2, 0.25) is 0 Å². The lowest BCUT2D eigenvalue weighted by Crippen LogP contribution is -2.70. The van der Waals surface area contributed by atoms with Crippen LogP contribution in [-0.4, -0.2) is 16.7 Å². The summed E-state index contributed by atoms with van der Waals surface area (Å²) in [7, 11) is 0. The maximum atomic E-state index is 6.71. The predicted octanol–water partition coefficient (Wildman–Crippen LogP) is 2.75. The lowest BCUT2D eigenvalue weighted by atomic mass is 9.67. The van der Waals surface area contributed by atoms with E-state index in [4.69, 9.17) is 11.6 Å². The van der Waals surface area contributed by atoms with Gasteiger partial charge in [-0.05, 0) is 31.1 Å². The molecule has 2 saturated carbocycles. The Morgan fingerprint density at radius 3 is 2.12 bits per heavy atom. The predicted molar refractivity (Wildman–Crippen MR) is 72.1 cm³/mol. The number of nitrogens with zero attached hydrogens (tertiary/aromatic N) is 1. The van der Waals surface area contributed by atoms with E-state index >= 15 is 0 Å². The fourth-order valence-corrected chi connectivity index (χ4v) is 3.68. The molecule has 2 aliphatic carbocycles. The van der Waals surface area contributed by atoms with Gasteiger partial charge in [-0.3, -0.25) is 5.84 Å². The van der Waals surface area contributed by atoms with Crippen molar-refractivity contribution in [2.75, 3.05) is 0 Å². The van der Waals surface area contributed by atoms with Gasteiger partial charge >= 0.3 is 0 Å². The third-order valence-corrected chi connectivity index (χ3v) is 5.21. The second kappa shape index (κ2) is 4.87. The molecule has 0 aliphatic heterocycles. The average molecular weight is 239 g/mol. The van der Waals surface area contributed by atoms with E-state index in [1.165, 1.54) is 51.4 Å². The summed E-state index contributed by atoms with van der Waals surface area (Å²) >= 11 is 0. The number of nitrogens with two attached hydrogens (primary N) is 2. The average Bonchev–Trinajstić information content (AvgIpc) is 2.33. The summed E-state index contributed by atoms with van der Waals surface area (Å²) in [5.41, 5.74) is 6.55. The Morgan fingerprint density at radius 2 is 1.53 bits per heavy atom. The topological polar surface area (TPSA) is 55.3 Å². The second-order valence-electron chi connectivity index (χ2n) is 6.71. The van der Waals surface area contributed by atoms with Gasteiger partial charge in [-0.2, -0.15) is 0 Å². The van der Waals surface area contributed by atoms with Gasteiger partial charge in [-0.25, -0.2) is 5.01 Å². The monoisotopic (exact) mass is 239 g/mol. The summed E-state index contributed by atoms with van der Waals surface area (Å²) in [6.45, 7) is 4.57. The van der Waals surface area contributed by atoms with Gasteiger partial charge < -0.3 is 5.73 Å². The van der Waals surface area contributed by atoms with E-state index in [-0.39, 0.29) is 11.1 Å². The summed E-state index contributed by atoms with van der Waals surface area (Å²) in [6, 6.07) is 0.506. The van der Waals surface area contributed by atoms with Crippen LogP contribution < -0.4 is 11.6 Å². The van der Waals surface area contributed by atoms with Crippen LogP contribution in [0.2, 0.25) is 0 Å². The zero-order chi connectivity index (χ0) is 12.5. The Kier molecular flexibility index (Phi) is 3.81. The van der Waals surface area contributed by atoms with Crippen molar-refractivity contribution in [1.82, 2.24) is 5.01 Å². The van der Waals surface area contributed by atoms with E-state index in [9.17, 15) is 0 Å². The maximum absolute atomic E-state index is 6.71. The van der Waals surface area contributed by atoms with Crippen molar-refractivity contribution in [2.24, 2.45) is 17.0 Å². The summed E-state index contributed by atoms with van der Waals surface area (Å²) in [5, 5.41) is 2.05. The second-order valence-corrected chi connectivity index (χ2v) is 6.71. The summed E-state index contributed by atoms with van der Waals surface area (Å²) in [5.74, 6) is 6.44. The van der Waals surface area contributed by atoms with Gasteiger partial charge in [-0.15, -0.1) is 0 Å². The highest BCUT2D eigenvalue weighted by Gasteiger charge is 2.48. The first-order valence-electron chi connectivity index (χ1n) is 7.30. The molecular formula is C14H29N3. The molecule has 0 aromatic rings. The van der Waals surface area contributed by atoms with Crippen molar-refractivity contribution in [3.8, 4) is 0 Å². The molecule has 2 aliphatic rings. The van der Waals surface area contributed by atoms with Crippen molar-refractivity contribution in [1.29, 1.82) is 0 Å². The number of hydrazine groups is 1. The Morgan fingerprint density at radius 1 is 0.941 bits per heavy atom. The third kappa shape index (κ3) is 2.38. The van der Waals surface area contributed by atoms with E-state index < -0.39 is 0 Å². The fraction of sp³-hybridized carbons (Fsp3) is 1.00. The maximum Gasteiger partial charge on any atom is 0.0872 e. The van der Waals surface area contributed by atoms with Crippen LogP contribution in [0.1, 0.15) is 71.6 Å². The van der Waals surface area contributed by atoms with E-state index in [0.29, 0.717) is 6.04 Å². The van der Waals surface area contributed by atoms with Crippen molar-refractivity contribution in [2.45, 2.75) is 83.3 Å². The van der Waals surface area contributed by atoms with Gasteiger partial charge in [0.25, 0.3) is 0 Å². The smallest absolute Gasteiger partial charge is 0.0872 e. The van der Waals surface area contributed by atoms with E-state index in [0.717, 1.165) is 6.42 Å². The normalized spacial score (nSPS) is 35.1. The van der Waals surface area contributed by atoms with Gasteiger partial charge in [0.1, 0.15) is 0 Å². The fourth-order valence-electron chi connectivity index (χ4n) is 3.68. The van der Waals surface area contributed by atoms with Crippen LogP contribution in [0.25, 0.3) is 0 Å². The first kappa shape index (κ1) is 13.3. The molecule has 1 unspecified atom stereocenters. The molecule has 0 spiro atoms. The standard InChI is InChI=1S/C14H29N3/c1-13(2)10-6-7-11-14(13,15)17(16)12-8-4-3-5-9-12/h12H,3-11,15-16H2,1-2H3. The molecule has 3 heteroatoms. The van der Waals surface area contributed by atoms with E-state index in [2.05, 4.69) is 13.8 Å². The lowest BCUT2D eigenvalue weighted by Gasteiger charge is -2.55. The number of rotatable bonds is 2. The molecule has 0 heterocycles. The molecule has 2 rings (SSSR count). The zero-order valence-corrected chi connectivity index (χ0v) is 11.5. The lowest BCUT2D eigenvalue weighted by molar-refractivity contribution is -0.0789. The van der Waals surface area contributed by atoms with Crippen molar-refractivity contribution >= 4 is 0 Å². The first-order chi connectivity index (χ1) is 7.97. The minimum Gasteiger partial charge on any atom is -0.312 e. The molecule has 0 amide bonds. The van der Waals surface area contributed by atoms with Crippen LogP contribution in [0.15, 0.2) is 0 Å². The van der Waals surface area contributed by atoms with Crippen molar-refractivity contribution in [3.05, 3.63) is 0 Å². The molecule has 0 radical (unpaired) electrons. The molecule has 0 saturated heterocycles. The van der Waals surface area contributed by atoms with Gasteiger partial charge in [0, 0.05) is 6.04 Å². The van der Waals surface area contributed by atoms with Crippen LogP contribution in [0.3, 0.4) is 0 Å². The molecule has 1 atom stereocenters. The highest BCUT2D eigenvalue weighted by Crippen LogP contribution is 2.44. The number of hydrogen-bond acceptors (Lipinski definition) is 3. The largest absolute Gasteiger partial charge is 0.312 e. The molecule has 0 aromatic heterocycles. The Hall–Kier alpha value is -0.120. The molecule has 0 aromatic carbocycles. The zero-order valence-electron chi connectivity index (χ0n) is 11.5. The van der Waals surface area contributed by atoms with Gasteiger partial charge in [-0.1, -0.05) is 46.0 Å². The highest BCUT2D eigenvalue weighted by molar-refractivity contribution is 5.00. The van der Waals surface area contributed by atoms with Crippen molar-refractivity contribution < 1.29 is 0 Å². The Labute approximate surface area is 106 Å². The number of hydrogen-bond donors (Lipinski definition) is 2. The van der Waals surface area contributed by atoms with Crippen LogP contribution >= 0.6 is 0 Å². The quantitative estimate of drug-likeness (QED) is 0.442. The molecule has 0 bridgehead atoms. The first-order valence-corrected chi connectivity index (χ1v) is 7.30. The van der Waals surface area contributed by atoms with Crippen LogP contribution in [0, 0.1) is 5.41 Å². The molecule has 2 fully saturated rings. The van der Waals surface area contributed by atoms with Crippen molar-refractivity contribution in [3.63, 3.8) is 0 Å². The minimum atomic E-state index is -0.298.